The highest BCUT2D eigenvalue weighted by Gasteiger charge is 2.13. The van der Waals surface area contributed by atoms with Gasteiger partial charge < -0.3 is 25.0 Å². The molecule has 1 aromatic rings. The van der Waals surface area contributed by atoms with Gasteiger partial charge in [-0.05, 0) is 17.7 Å². The predicted octanol–water partition coefficient (Wildman–Crippen LogP) is 2.21. The molecular formula is C16H19Cl2NO6. The van der Waals surface area contributed by atoms with Crippen LogP contribution in [-0.2, 0) is 25.7 Å². The molecule has 3 N–H and O–H groups in total. The molecule has 25 heavy (non-hydrogen) atoms. The van der Waals surface area contributed by atoms with Gasteiger partial charge in [-0.2, -0.15) is 0 Å². The van der Waals surface area contributed by atoms with Crippen LogP contribution in [0.25, 0.3) is 0 Å². The average Bonchev–Trinajstić information content (AvgIpc) is 2.58. The molecule has 7 nitrogen and oxygen atoms in total. The van der Waals surface area contributed by atoms with Gasteiger partial charge in [-0.3, -0.25) is 0 Å². The van der Waals surface area contributed by atoms with Crippen LogP contribution in [0.5, 0.6) is 0 Å². The van der Waals surface area contributed by atoms with Gasteiger partial charge in [0, 0.05) is 25.2 Å². The number of benzene rings is 1. The Morgan fingerprint density at radius 1 is 1.24 bits per heavy atom. The maximum absolute atomic E-state index is 9.55. The number of ether oxygens (including phenoxy) is 2. The van der Waals surface area contributed by atoms with Crippen LogP contribution in [0, 0.1) is 0 Å². The molecule has 0 radical (unpaired) electrons. The number of carboxylic acids is 2. The quantitative estimate of drug-likeness (QED) is 0.638. The van der Waals surface area contributed by atoms with Crippen LogP contribution in [0.4, 0.5) is 0 Å². The number of aliphatic carboxylic acids is 2. The second-order valence-electron chi connectivity index (χ2n) is 4.97. The van der Waals surface area contributed by atoms with Crippen LogP contribution in [0.3, 0.4) is 0 Å². The summed E-state index contributed by atoms with van der Waals surface area (Å²) in [5.74, 6) is -2.51. The molecule has 1 saturated heterocycles. The molecule has 0 aromatic heterocycles. The molecule has 1 atom stereocenters. The number of rotatable bonds is 6. The summed E-state index contributed by atoms with van der Waals surface area (Å²) in [5.41, 5.74) is 1.02. The Bertz CT molecular complexity index is 586. The van der Waals surface area contributed by atoms with Crippen molar-refractivity contribution in [1.29, 1.82) is 0 Å². The number of halogens is 2. The molecule has 9 heteroatoms. The monoisotopic (exact) mass is 391 g/mol. The van der Waals surface area contributed by atoms with Crippen molar-refractivity contribution in [3.63, 3.8) is 0 Å². The fourth-order valence-corrected chi connectivity index (χ4v) is 2.13. The lowest BCUT2D eigenvalue weighted by atomic mass is 10.2. The minimum atomic E-state index is -1.26. The van der Waals surface area contributed by atoms with Gasteiger partial charge in [0.1, 0.15) is 0 Å². The van der Waals surface area contributed by atoms with Crippen molar-refractivity contribution in [3.05, 3.63) is 46.0 Å². The maximum Gasteiger partial charge on any atom is 0.328 e. The molecule has 1 aliphatic rings. The predicted molar refractivity (Wildman–Crippen MR) is 93.1 cm³/mol. The van der Waals surface area contributed by atoms with Gasteiger partial charge in [-0.25, -0.2) is 9.59 Å². The highest BCUT2D eigenvalue weighted by atomic mass is 35.5. The molecular weight excluding hydrogens is 373 g/mol. The van der Waals surface area contributed by atoms with Crippen LogP contribution in [0.2, 0.25) is 10.0 Å². The van der Waals surface area contributed by atoms with E-state index in [2.05, 4.69) is 5.32 Å². The fraction of sp³-hybridized carbons (Fsp3) is 0.375. The first-order valence-corrected chi connectivity index (χ1v) is 8.12. The number of carbonyl (C=O) groups is 2. The number of hydrogen-bond donors (Lipinski definition) is 3. The maximum atomic E-state index is 9.55. The van der Waals surface area contributed by atoms with Gasteiger partial charge in [0.05, 0.1) is 36.0 Å². The smallest absolute Gasteiger partial charge is 0.328 e. The second kappa shape index (κ2) is 11.8. The third kappa shape index (κ3) is 10.1. The van der Waals surface area contributed by atoms with Gasteiger partial charge in [0.15, 0.2) is 0 Å². The minimum absolute atomic E-state index is 0.145. The summed E-state index contributed by atoms with van der Waals surface area (Å²) < 4.78 is 11.1. The lowest BCUT2D eigenvalue weighted by molar-refractivity contribution is -0.134. The van der Waals surface area contributed by atoms with E-state index in [1.54, 1.807) is 6.07 Å². The van der Waals surface area contributed by atoms with Crippen molar-refractivity contribution >= 4 is 35.1 Å². The van der Waals surface area contributed by atoms with Crippen molar-refractivity contribution in [1.82, 2.24) is 5.32 Å². The summed E-state index contributed by atoms with van der Waals surface area (Å²) in [5, 5.41) is 20.0. The van der Waals surface area contributed by atoms with Crippen LogP contribution in [0.1, 0.15) is 5.56 Å². The van der Waals surface area contributed by atoms with E-state index in [9.17, 15) is 9.59 Å². The molecule has 2 rings (SSSR count). The zero-order valence-corrected chi connectivity index (χ0v) is 14.8. The highest BCUT2D eigenvalue weighted by molar-refractivity contribution is 6.42. The molecule has 138 valence electrons. The van der Waals surface area contributed by atoms with Crippen molar-refractivity contribution in [2.24, 2.45) is 0 Å². The molecule has 0 spiro atoms. The van der Waals surface area contributed by atoms with E-state index in [1.165, 1.54) is 0 Å². The number of morpholine rings is 1. The minimum Gasteiger partial charge on any atom is -0.478 e. The third-order valence-corrected chi connectivity index (χ3v) is 3.67. The van der Waals surface area contributed by atoms with Crippen LogP contribution >= 0.6 is 23.2 Å². The summed E-state index contributed by atoms with van der Waals surface area (Å²) in [7, 11) is 0. The average molecular weight is 392 g/mol. The van der Waals surface area contributed by atoms with Crippen molar-refractivity contribution in [2.45, 2.75) is 12.7 Å². The van der Waals surface area contributed by atoms with E-state index in [0.717, 1.165) is 25.3 Å². The summed E-state index contributed by atoms with van der Waals surface area (Å²) in [6.07, 6.45) is 1.26. The van der Waals surface area contributed by atoms with Gasteiger partial charge in [0.2, 0.25) is 0 Å². The Morgan fingerprint density at radius 3 is 2.44 bits per heavy atom. The highest BCUT2D eigenvalue weighted by Crippen LogP contribution is 2.22. The van der Waals surface area contributed by atoms with E-state index in [4.69, 9.17) is 42.9 Å². The lowest BCUT2D eigenvalue weighted by Crippen LogP contribution is -2.40. The molecule has 1 fully saturated rings. The molecule has 1 aliphatic heterocycles. The number of carboxylic acid groups (broad SMARTS) is 2. The fourth-order valence-electron chi connectivity index (χ4n) is 1.81. The van der Waals surface area contributed by atoms with Crippen molar-refractivity contribution < 1.29 is 29.3 Å². The van der Waals surface area contributed by atoms with Gasteiger partial charge in [-0.15, -0.1) is 0 Å². The van der Waals surface area contributed by atoms with E-state index < -0.39 is 11.9 Å². The second-order valence-corrected chi connectivity index (χ2v) is 5.78. The Hall–Kier alpha value is -1.64. The molecule has 1 unspecified atom stereocenters. The van der Waals surface area contributed by atoms with Crippen LogP contribution in [-0.4, -0.2) is 54.6 Å². The SMILES string of the molecule is Clc1ccc(COCC2CNCCO2)cc1Cl.O=C(O)C=CC(=O)O. The van der Waals surface area contributed by atoms with Gasteiger partial charge >= 0.3 is 11.9 Å². The molecule has 0 aliphatic carbocycles. The molecule has 0 saturated carbocycles. The van der Waals surface area contributed by atoms with Gasteiger partial charge in [-0.1, -0.05) is 29.3 Å². The summed E-state index contributed by atoms with van der Waals surface area (Å²) in [6.45, 7) is 3.63. The standard InChI is InChI=1S/C12H15Cl2NO2.C4H4O4/c13-11-2-1-9(5-12(11)14)7-16-8-10-6-15-3-4-17-10;5-3(6)1-2-4(7)8/h1-2,5,10,15H,3-4,6-8H2;1-2H,(H,5,6)(H,7,8). The number of hydrogen-bond acceptors (Lipinski definition) is 5. The van der Waals surface area contributed by atoms with E-state index in [0.29, 0.717) is 35.4 Å². The molecule has 0 bridgehead atoms. The summed E-state index contributed by atoms with van der Waals surface area (Å²) in [6, 6.07) is 5.51. The van der Waals surface area contributed by atoms with Crippen molar-refractivity contribution in [2.75, 3.05) is 26.3 Å². The first-order valence-electron chi connectivity index (χ1n) is 7.36. The van der Waals surface area contributed by atoms with E-state index in [-0.39, 0.29) is 6.10 Å². The zero-order valence-electron chi connectivity index (χ0n) is 13.3. The Morgan fingerprint density at radius 2 is 1.92 bits per heavy atom. The lowest BCUT2D eigenvalue weighted by Gasteiger charge is -2.23. The zero-order chi connectivity index (χ0) is 18.7. The Labute approximate surface area is 155 Å². The Balaban J connectivity index is 0.000000333. The van der Waals surface area contributed by atoms with Crippen molar-refractivity contribution in [3.8, 4) is 0 Å². The summed E-state index contributed by atoms with van der Waals surface area (Å²) >= 11 is 11.8. The Kier molecular flexibility index (Phi) is 10.1. The first-order chi connectivity index (χ1) is 11.9. The van der Waals surface area contributed by atoms with E-state index in [1.807, 2.05) is 12.1 Å². The van der Waals surface area contributed by atoms with E-state index >= 15 is 0 Å². The van der Waals surface area contributed by atoms with Gasteiger partial charge in [0.25, 0.3) is 0 Å². The first kappa shape index (κ1) is 21.4. The third-order valence-electron chi connectivity index (χ3n) is 2.93. The normalized spacial score (nSPS) is 17.0. The largest absolute Gasteiger partial charge is 0.478 e. The molecule has 1 aromatic carbocycles. The van der Waals surface area contributed by atoms with Crippen LogP contribution in [0.15, 0.2) is 30.4 Å². The molecule has 0 amide bonds. The van der Waals surface area contributed by atoms with Crippen LogP contribution < -0.4 is 5.32 Å². The molecule has 1 heterocycles. The summed E-state index contributed by atoms with van der Waals surface area (Å²) in [4.78, 5) is 19.1. The number of nitrogens with one attached hydrogen (secondary N) is 1. The topological polar surface area (TPSA) is 105 Å².